The fraction of sp³-hybridized carbons (Fsp3) is 0.429. The Morgan fingerprint density at radius 3 is 2.87 bits per heavy atom. The van der Waals surface area contributed by atoms with Gasteiger partial charge in [-0.05, 0) is 6.07 Å². The molecule has 23 heavy (non-hydrogen) atoms. The first-order chi connectivity index (χ1) is 11.0. The van der Waals surface area contributed by atoms with Gasteiger partial charge in [-0.25, -0.2) is 0 Å². The number of nitro groups is 1. The highest BCUT2D eigenvalue weighted by molar-refractivity contribution is 7.99. The SMILES string of the molecule is O=C(O)CC1CSCCN1C(=O)CNc1ccccc1[N+](=O)[O-]. The number of hydrogen-bond acceptors (Lipinski definition) is 6. The van der Waals surface area contributed by atoms with Crippen LogP contribution in [0.15, 0.2) is 24.3 Å². The minimum atomic E-state index is -0.943. The van der Waals surface area contributed by atoms with Gasteiger partial charge in [0.05, 0.1) is 23.9 Å². The summed E-state index contributed by atoms with van der Waals surface area (Å²) in [4.78, 5) is 35.2. The summed E-state index contributed by atoms with van der Waals surface area (Å²) < 4.78 is 0. The van der Waals surface area contributed by atoms with E-state index in [4.69, 9.17) is 5.11 Å². The van der Waals surface area contributed by atoms with Gasteiger partial charge in [-0.15, -0.1) is 0 Å². The molecule has 1 saturated heterocycles. The van der Waals surface area contributed by atoms with Crippen LogP contribution in [0.2, 0.25) is 0 Å². The van der Waals surface area contributed by atoms with Gasteiger partial charge >= 0.3 is 5.97 Å². The van der Waals surface area contributed by atoms with Gasteiger partial charge in [0.25, 0.3) is 5.69 Å². The quantitative estimate of drug-likeness (QED) is 0.595. The average Bonchev–Trinajstić information content (AvgIpc) is 2.52. The van der Waals surface area contributed by atoms with E-state index >= 15 is 0 Å². The number of carboxylic acids is 1. The van der Waals surface area contributed by atoms with Crippen molar-refractivity contribution in [3.8, 4) is 0 Å². The third-order valence-electron chi connectivity index (χ3n) is 3.49. The number of rotatable bonds is 6. The molecule has 124 valence electrons. The topological polar surface area (TPSA) is 113 Å². The predicted molar refractivity (Wildman–Crippen MR) is 86.7 cm³/mol. The number of anilines is 1. The van der Waals surface area contributed by atoms with Crippen LogP contribution in [-0.4, -0.2) is 57.4 Å². The molecule has 1 aliphatic heterocycles. The number of carbonyl (C=O) groups is 2. The van der Waals surface area contributed by atoms with E-state index in [0.29, 0.717) is 12.3 Å². The zero-order valence-corrected chi connectivity index (χ0v) is 13.1. The molecule has 1 amide bonds. The first-order valence-electron chi connectivity index (χ1n) is 7.05. The molecule has 0 aromatic heterocycles. The number of nitrogens with zero attached hydrogens (tertiary/aromatic N) is 2. The molecule has 1 unspecified atom stereocenters. The largest absolute Gasteiger partial charge is 0.481 e. The van der Waals surface area contributed by atoms with Crippen LogP contribution in [-0.2, 0) is 9.59 Å². The van der Waals surface area contributed by atoms with Gasteiger partial charge in [0.15, 0.2) is 0 Å². The van der Waals surface area contributed by atoms with E-state index in [1.165, 1.54) is 12.1 Å². The van der Waals surface area contributed by atoms with Crippen LogP contribution in [0.3, 0.4) is 0 Å². The normalized spacial score (nSPS) is 17.6. The second-order valence-corrected chi connectivity index (χ2v) is 6.19. The standard InChI is InChI=1S/C14H17N3O5S/c18-13(16-5-6-23-9-10(16)7-14(19)20)8-15-11-3-1-2-4-12(11)17(21)22/h1-4,10,15H,5-9H2,(H,19,20). The highest BCUT2D eigenvalue weighted by atomic mass is 32.2. The molecular weight excluding hydrogens is 322 g/mol. The van der Waals surface area contributed by atoms with Gasteiger partial charge in [-0.1, -0.05) is 12.1 Å². The zero-order chi connectivity index (χ0) is 16.8. The minimum absolute atomic E-state index is 0.0930. The molecule has 9 heteroatoms. The summed E-state index contributed by atoms with van der Waals surface area (Å²) in [6.07, 6.45) is -0.0930. The highest BCUT2D eigenvalue weighted by Crippen LogP contribution is 2.23. The van der Waals surface area contributed by atoms with E-state index in [0.717, 1.165) is 5.75 Å². The Hall–Kier alpha value is -2.29. The molecule has 2 rings (SSSR count). The Morgan fingerprint density at radius 1 is 1.43 bits per heavy atom. The van der Waals surface area contributed by atoms with Crippen LogP contribution >= 0.6 is 11.8 Å². The van der Waals surface area contributed by atoms with Crippen LogP contribution in [0.25, 0.3) is 0 Å². The van der Waals surface area contributed by atoms with Crippen molar-refractivity contribution in [3.05, 3.63) is 34.4 Å². The average molecular weight is 339 g/mol. The number of para-hydroxylation sites is 2. The van der Waals surface area contributed by atoms with E-state index in [1.54, 1.807) is 28.8 Å². The first kappa shape index (κ1) is 17.1. The molecule has 0 saturated carbocycles. The lowest BCUT2D eigenvalue weighted by Gasteiger charge is -2.34. The Morgan fingerprint density at radius 2 is 2.17 bits per heavy atom. The van der Waals surface area contributed by atoms with Crippen molar-refractivity contribution in [2.24, 2.45) is 0 Å². The van der Waals surface area contributed by atoms with E-state index in [2.05, 4.69) is 5.32 Å². The van der Waals surface area contributed by atoms with E-state index in [9.17, 15) is 19.7 Å². The molecule has 1 atom stereocenters. The Balaban J connectivity index is 2.01. The van der Waals surface area contributed by atoms with E-state index in [1.807, 2.05) is 0 Å². The van der Waals surface area contributed by atoms with Crippen molar-refractivity contribution in [3.63, 3.8) is 0 Å². The van der Waals surface area contributed by atoms with Crippen molar-refractivity contribution in [1.29, 1.82) is 0 Å². The maximum absolute atomic E-state index is 12.3. The fourth-order valence-electron chi connectivity index (χ4n) is 2.41. The smallest absolute Gasteiger partial charge is 0.305 e. The number of amides is 1. The molecule has 8 nitrogen and oxygen atoms in total. The molecule has 0 aliphatic carbocycles. The molecule has 1 aromatic carbocycles. The van der Waals surface area contributed by atoms with Crippen molar-refractivity contribution in [2.75, 3.05) is 29.9 Å². The first-order valence-corrected chi connectivity index (χ1v) is 8.21. The lowest BCUT2D eigenvalue weighted by molar-refractivity contribution is -0.383. The maximum atomic E-state index is 12.3. The number of hydrogen-bond donors (Lipinski definition) is 2. The minimum Gasteiger partial charge on any atom is -0.481 e. The summed E-state index contributed by atoms with van der Waals surface area (Å²) >= 11 is 1.62. The lowest BCUT2D eigenvalue weighted by atomic mass is 10.2. The van der Waals surface area contributed by atoms with Gasteiger partial charge in [-0.3, -0.25) is 19.7 Å². The van der Waals surface area contributed by atoms with Crippen molar-refractivity contribution in [2.45, 2.75) is 12.5 Å². The second-order valence-electron chi connectivity index (χ2n) is 5.04. The summed E-state index contributed by atoms with van der Waals surface area (Å²) in [6.45, 7) is 0.381. The van der Waals surface area contributed by atoms with Crippen LogP contribution < -0.4 is 5.32 Å². The Bertz CT molecular complexity index is 610. The van der Waals surface area contributed by atoms with Gasteiger partial charge < -0.3 is 15.3 Å². The second kappa shape index (κ2) is 7.82. The lowest BCUT2D eigenvalue weighted by Crippen LogP contribution is -2.49. The monoisotopic (exact) mass is 339 g/mol. The van der Waals surface area contributed by atoms with Crippen molar-refractivity contribution in [1.82, 2.24) is 4.90 Å². The summed E-state index contributed by atoms with van der Waals surface area (Å²) in [6, 6.07) is 5.75. The molecule has 1 fully saturated rings. The highest BCUT2D eigenvalue weighted by Gasteiger charge is 2.28. The summed E-state index contributed by atoms with van der Waals surface area (Å²) in [5.41, 5.74) is 0.170. The fourth-order valence-corrected chi connectivity index (χ4v) is 3.47. The van der Waals surface area contributed by atoms with Crippen molar-refractivity contribution < 1.29 is 19.6 Å². The Kier molecular flexibility index (Phi) is 5.80. The summed E-state index contributed by atoms with van der Waals surface area (Å²) in [5.74, 6) is 0.147. The van der Waals surface area contributed by atoms with Crippen molar-refractivity contribution >= 4 is 35.0 Å². The molecular formula is C14H17N3O5S. The number of carboxylic acid groups (broad SMARTS) is 1. The third kappa shape index (κ3) is 4.59. The van der Waals surface area contributed by atoms with Gasteiger partial charge in [0.1, 0.15) is 5.69 Å². The van der Waals surface area contributed by atoms with Crippen LogP contribution in [0.5, 0.6) is 0 Å². The predicted octanol–water partition coefficient (Wildman–Crippen LogP) is 1.43. The summed E-state index contributed by atoms with van der Waals surface area (Å²) in [5, 5.41) is 22.7. The van der Waals surface area contributed by atoms with Gasteiger partial charge in [0.2, 0.25) is 5.91 Å². The summed E-state index contributed by atoms with van der Waals surface area (Å²) in [7, 11) is 0. The molecule has 1 aromatic rings. The number of nitro benzene ring substituents is 1. The molecule has 1 aliphatic rings. The number of nitrogens with one attached hydrogen (secondary N) is 1. The molecule has 0 radical (unpaired) electrons. The molecule has 2 N–H and O–H groups in total. The number of aliphatic carboxylic acids is 1. The zero-order valence-electron chi connectivity index (χ0n) is 12.3. The van der Waals surface area contributed by atoms with Crippen LogP contribution in [0.1, 0.15) is 6.42 Å². The van der Waals surface area contributed by atoms with E-state index in [-0.39, 0.29) is 36.3 Å². The van der Waals surface area contributed by atoms with E-state index < -0.39 is 10.9 Å². The Labute approximate surface area is 137 Å². The number of benzene rings is 1. The number of thioether (sulfide) groups is 1. The maximum Gasteiger partial charge on any atom is 0.305 e. The van der Waals surface area contributed by atoms with Crippen LogP contribution in [0, 0.1) is 10.1 Å². The number of carbonyl (C=O) groups excluding carboxylic acids is 1. The molecule has 0 spiro atoms. The molecule has 0 bridgehead atoms. The van der Waals surface area contributed by atoms with Gasteiger partial charge in [-0.2, -0.15) is 11.8 Å². The molecule has 1 heterocycles. The van der Waals surface area contributed by atoms with Gasteiger partial charge in [0, 0.05) is 24.1 Å². The third-order valence-corrected chi connectivity index (χ3v) is 4.58. The van der Waals surface area contributed by atoms with Crippen LogP contribution in [0.4, 0.5) is 11.4 Å².